The van der Waals surface area contributed by atoms with Crippen LogP contribution in [0.25, 0.3) is 0 Å². The molecule has 0 aliphatic carbocycles. The van der Waals surface area contributed by atoms with E-state index in [1.807, 2.05) is 6.92 Å². The van der Waals surface area contributed by atoms with Gasteiger partial charge in [0.15, 0.2) is 0 Å². The quantitative estimate of drug-likeness (QED) is 0.0696. The van der Waals surface area contributed by atoms with E-state index in [-0.39, 0.29) is 17.1 Å². The lowest BCUT2D eigenvalue weighted by molar-refractivity contribution is -0.143. The molecule has 0 amide bonds. The van der Waals surface area contributed by atoms with Crippen LogP contribution in [0.4, 0.5) is 0 Å². The number of carbonyl (C=O) groups excluding carboxylic acids is 1. The van der Waals surface area contributed by atoms with Crippen molar-refractivity contribution >= 4 is 24.7 Å². The molecule has 0 radical (unpaired) electrons. The molecule has 0 N–H and O–H groups in total. The van der Waals surface area contributed by atoms with E-state index in [4.69, 9.17) is 9.16 Å². The van der Waals surface area contributed by atoms with Gasteiger partial charge in [0, 0.05) is 6.42 Å². The van der Waals surface area contributed by atoms with Gasteiger partial charge in [0.2, 0.25) is 0 Å². The summed E-state index contributed by atoms with van der Waals surface area (Å²) in [5.41, 5.74) is 0. The number of ether oxygens (including phenoxy) is 1. The molecule has 0 aromatic heterocycles. The van der Waals surface area contributed by atoms with Crippen molar-refractivity contribution < 1.29 is 14.0 Å². The Morgan fingerprint density at radius 2 is 1.32 bits per heavy atom. The van der Waals surface area contributed by atoms with Crippen molar-refractivity contribution in [3.63, 3.8) is 0 Å². The van der Waals surface area contributed by atoms with Gasteiger partial charge in [-0.15, -0.1) is 0 Å². The summed E-state index contributed by atoms with van der Waals surface area (Å²) in [4.78, 5) is 11.9. The Balaban J connectivity index is 2.20. The molecule has 2 rings (SSSR count). The second-order valence-corrected chi connectivity index (χ2v) is 16.3. The predicted molar refractivity (Wildman–Crippen MR) is 174 cm³/mol. The molecule has 2 aromatic rings. The molecular weight excluding hydrogens is 508 g/mol. The average molecular weight is 565 g/mol. The molecule has 0 spiro atoms. The minimum atomic E-state index is -2.65. The van der Waals surface area contributed by atoms with E-state index < -0.39 is 8.32 Å². The average Bonchev–Trinajstić information content (AvgIpc) is 2.95. The van der Waals surface area contributed by atoms with Crippen molar-refractivity contribution in [3.8, 4) is 0 Å². The van der Waals surface area contributed by atoms with Crippen molar-refractivity contribution in [1.82, 2.24) is 0 Å². The zero-order chi connectivity index (χ0) is 29.1. The normalized spacial score (nSPS) is 13.0. The van der Waals surface area contributed by atoms with Gasteiger partial charge in [0.1, 0.15) is 0 Å². The van der Waals surface area contributed by atoms with E-state index >= 15 is 0 Å². The van der Waals surface area contributed by atoms with Crippen LogP contribution in [0, 0.1) is 0 Å². The summed E-state index contributed by atoms with van der Waals surface area (Å²) in [6.07, 6.45) is 19.6. The maximum Gasteiger partial charge on any atom is 0.305 e. The van der Waals surface area contributed by atoms with Gasteiger partial charge in [-0.25, -0.2) is 0 Å². The number of unbranched alkanes of at least 4 members (excludes halogenated alkanes) is 9. The first-order valence-electron chi connectivity index (χ1n) is 16.0. The molecule has 0 aliphatic rings. The van der Waals surface area contributed by atoms with Crippen molar-refractivity contribution in [2.45, 2.75) is 129 Å². The van der Waals surface area contributed by atoms with Gasteiger partial charge in [-0.3, -0.25) is 4.79 Å². The molecule has 2 aromatic carbocycles. The first kappa shape index (κ1) is 34.0. The number of allylic oxidation sites excluding steroid dienone is 1. The Morgan fingerprint density at radius 3 is 1.85 bits per heavy atom. The topological polar surface area (TPSA) is 35.5 Å². The second kappa shape index (κ2) is 19.0. The van der Waals surface area contributed by atoms with Crippen molar-refractivity contribution in [1.29, 1.82) is 0 Å². The Labute approximate surface area is 246 Å². The van der Waals surface area contributed by atoms with E-state index in [9.17, 15) is 4.79 Å². The molecule has 0 aliphatic heterocycles. The standard InChI is InChI=1S/C36H56O3Si/c1-6-8-9-10-11-12-13-14-15-18-25-32(26-23-24-31-35(37)38-7-2)39-40(36(3,4)5,33-27-19-16-20-28-33)34-29-21-17-22-30-34/h16-22,25,27-30,32H,6-15,23-24,26,31H2,1-5H3/b25-18+/t32-/m1/s1. The van der Waals surface area contributed by atoms with Crippen LogP contribution in [0.15, 0.2) is 72.8 Å². The van der Waals surface area contributed by atoms with Gasteiger partial charge in [0.05, 0.1) is 12.7 Å². The lowest BCUT2D eigenvalue weighted by Crippen LogP contribution is -2.67. The summed E-state index contributed by atoms with van der Waals surface area (Å²) in [5, 5.41) is 2.55. The van der Waals surface area contributed by atoms with Gasteiger partial charge in [0.25, 0.3) is 8.32 Å². The van der Waals surface area contributed by atoms with Crippen molar-refractivity contribution in [2.24, 2.45) is 0 Å². The highest BCUT2D eigenvalue weighted by molar-refractivity contribution is 6.99. The maximum absolute atomic E-state index is 11.9. The van der Waals surface area contributed by atoms with E-state index in [1.54, 1.807) is 0 Å². The SMILES string of the molecule is CCCCCCCCCC/C=C/[C@H](CCCCC(=O)OCC)O[Si](c1ccccc1)(c1ccccc1)C(C)(C)C. The van der Waals surface area contributed by atoms with Crippen LogP contribution in [-0.2, 0) is 14.0 Å². The van der Waals surface area contributed by atoms with Gasteiger partial charge in [-0.1, -0.05) is 152 Å². The number of rotatable bonds is 20. The molecule has 0 saturated carbocycles. The summed E-state index contributed by atoms with van der Waals surface area (Å²) >= 11 is 0. The third kappa shape index (κ3) is 11.4. The summed E-state index contributed by atoms with van der Waals surface area (Å²) in [6, 6.07) is 21.8. The van der Waals surface area contributed by atoms with Crippen molar-refractivity contribution in [3.05, 3.63) is 72.8 Å². The van der Waals surface area contributed by atoms with Gasteiger partial charge in [-0.2, -0.15) is 0 Å². The maximum atomic E-state index is 11.9. The van der Waals surface area contributed by atoms with Crippen LogP contribution < -0.4 is 10.4 Å². The molecule has 40 heavy (non-hydrogen) atoms. The highest BCUT2D eigenvalue weighted by atomic mass is 28.4. The van der Waals surface area contributed by atoms with Crippen LogP contribution in [0.5, 0.6) is 0 Å². The lowest BCUT2D eigenvalue weighted by Gasteiger charge is -2.45. The van der Waals surface area contributed by atoms with E-state index in [0.717, 1.165) is 25.7 Å². The highest BCUT2D eigenvalue weighted by Crippen LogP contribution is 2.38. The van der Waals surface area contributed by atoms with Gasteiger partial charge < -0.3 is 9.16 Å². The molecule has 3 nitrogen and oxygen atoms in total. The number of benzene rings is 2. The van der Waals surface area contributed by atoms with E-state index in [1.165, 1.54) is 61.7 Å². The number of esters is 1. The largest absolute Gasteiger partial charge is 0.466 e. The highest BCUT2D eigenvalue weighted by Gasteiger charge is 2.51. The number of carbonyl (C=O) groups is 1. The zero-order valence-corrected chi connectivity index (χ0v) is 27.1. The molecule has 0 bridgehead atoms. The second-order valence-electron chi connectivity index (χ2n) is 12.1. The van der Waals surface area contributed by atoms with Gasteiger partial charge in [-0.05, 0) is 48.0 Å². The fraction of sp³-hybridized carbons (Fsp3) is 0.583. The van der Waals surface area contributed by atoms with Crippen molar-refractivity contribution in [2.75, 3.05) is 6.61 Å². The van der Waals surface area contributed by atoms with E-state index in [2.05, 4.69) is 101 Å². The molecule has 222 valence electrons. The summed E-state index contributed by atoms with van der Waals surface area (Å²) < 4.78 is 12.6. The third-order valence-corrected chi connectivity index (χ3v) is 12.8. The molecule has 0 saturated heterocycles. The fourth-order valence-corrected chi connectivity index (χ4v) is 10.3. The third-order valence-electron chi connectivity index (χ3n) is 7.74. The van der Waals surface area contributed by atoms with Crippen LogP contribution in [0.1, 0.15) is 118 Å². The van der Waals surface area contributed by atoms with Crippen LogP contribution in [0.3, 0.4) is 0 Å². The lowest BCUT2D eigenvalue weighted by atomic mass is 10.1. The molecule has 1 atom stereocenters. The smallest absolute Gasteiger partial charge is 0.305 e. The molecule has 4 heteroatoms. The van der Waals surface area contributed by atoms with Crippen LogP contribution in [-0.4, -0.2) is 27.0 Å². The Hall–Kier alpha value is -2.17. The van der Waals surface area contributed by atoms with Gasteiger partial charge >= 0.3 is 5.97 Å². The summed E-state index contributed by atoms with van der Waals surface area (Å²) in [6.45, 7) is 11.6. The first-order valence-corrected chi connectivity index (χ1v) is 17.9. The minimum absolute atomic E-state index is 0.00235. The number of hydrogen-bond donors (Lipinski definition) is 0. The fourth-order valence-electron chi connectivity index (χ4n) is 5.60. The number of hydrogen-bond acceptors (Lipinski definition) is 3. The Kier molecular flexibility index (Phi) is 16.2. The van der Waals surface area contributed by atoms with Crippen LogP contribution in [0.2, 0.25) is 5.04 Å². The minimum Gasteiger partial charge on any atom is -0.466 e. The molecule has 0 heterocycles. The van der Waals surface area contributed by atoms with Crippen LogP contribution >= 0.6 is 0 Å². The summed E-state index contributed by atoms with van der Waals surface area (Å²) in [5.74, 6) is -0.0998. The molecule has 0 unspecified atom stereocenters. The summed E-state index contributed by atoms with van der Waals surface area (Å²) in [7, 11) is -2.65. The Bertz CT molecular complexity index is 910. The van der Waals surface area contributed by atoms with E-state index in [0.29, 0.717) is 13.0 Å². The molecule has 0 fully saturated rings. The predicted octanol–water partition coefficient (Wildman–Crippen LogP) is 9.14. The monoisotopic (exact) mass is 564 g/mol. The Morgan fingerprint density at radius 1 is 0.775 bits per heavy atom. The zero-order valence-electron chi connectivity index (χ0n) is 26.1. The molecular formula is C36H56O3Si. The first-order chi connectivity index (χ1) is 19.3.